The monoisotopic (exact) mass is 211 g/mol. The van der Waals surface area contributed by atoms with Crippen LogP contribution in [0.15, 0.2) is 0 Å². The molecule has 0 radical (unpaired) electrons. The summed E-state index contributed by atoms with van der Waals surface area (Å²) in [6.07, 6.45) is 14.5. The van der Waals surface area contributed by atoms with Gasteiger partial charge in [-0.1, -0.05) is 58.3 Å². The maximum atomic E-state index is 3.52. The van der Waals surface area contributed by atoms with Gasteiger partial charge in [-0.2, -0.15) is 0 Å². The predicted molar refractivity (Wildman–Crippen MR) is 68.2 cm³/mol. The van der Waals surface area contributed by atoms with Crippen LogP contribution in [0.25, 0.3) is 0 Å². The van der Waals surface area contributed by atoms with E-state index in [4.69, 9.17) is 0 Å². The lowest BCUT2D eigenvalue weighted by atomic mass is 9.86. The van der Waals surface area contributed by atoms with Crippen molar-refractivity contribution in [3.63, 3.8) is 0 Å². The lowest BCUT2D eigenvalue weighted by Gasteiger charge is -2.21. The topological polar surface area (TPSA) is 12.0 Å². The molecule has 1 aliphatic carbocycles. The quantitative estimate of drug-likeness (QED) is 0.595. The third-order valence-electron chi connectivity index (χ3n) is 3.65. The van der Waals surface area contributed by atoms with Crippen molar-refractivity contribution in [2.24, 2.45) is 5.92 Å². The summed E-state index contributed by atoms with van der Waals surface area (Å²) in [7, 11) is 0. The van der Waals surface area contributed by atoms with Crippen LogP contribution in [0.3, 0.4) is 0 Å². The molecule has 1 nitrogen and oxygen atoms in total. The van der Waals surface area contributed by atoms with Crippen LogP contribution in [-0.4, -0.2) is 13.1 Å². The van der Waals surface area contributed by atoms with Gasteiger partial charge >= 0.3 is 0 Å². The molecular weight excluding hydrogens is 182 g/mol. The van der Waals surface area contributed by atoms with Crippen LogP contribution in [-0.2, 0) is 0 Å². The second kappa shape index (κ2) is 9.21. The van der Waals surface area contributed by atoms with E-state index in [1.54, 1.807) is 0 Å². The summed E-state index contributed by atoms with van der Waals surface area (Å²) in [5, 5.41) is 3.52. The van der Waals surface area contributed by atoms with E-state index in [-0.39, 0.29) is 0 Å². The second-order valence-electron chi connectivity index (χ2n) is 5.10. The number of hydrogen-bond acceptors (Lipinski definition) is 1. The Balaban J connectivity index is 1.79. The van der Waals surface area contributed by atoms with E-state index < -0.39 is 0 Å². The summed E-state index contributed by atoms with van der Waals surface area (Å²) in [5.74, 6) is 1.08. The highest BCUT2D eigenvalue weighted by molar-refractivity contribution is 4.65. The summed E-state index contributed by atoms with van der Waals surface area (Å²) >= 11 is 0. The van der Waals surface area contributed by atoms with Gasteiger partial charge in [0.05, 0.1) is 0 Å². The molecule has 15 heavy (non-hydrogen) atoms. The highest BCUT2D eigenvalue weighted by atomic mass is 14.8. The molecule has 1 saturated carbocycles. The third kappa shape index (κ3) is 6.94. The molecule has 1 rings (SSSR count). The zero-order valence-corrected chi connectivity index (χ0v) is 10.6. The fourth-order valence-electron chi connectivity index (χ4n) is 2.59. The lowest BCUT2D eigenvalue weighted by molar-refractivity contribution is 0.329. The fourth-order valence-corrected chi connectivity index (χ4v) is 2.59. The van der Waals surface area contributed by atoms with Gasteiger partial charge in [-0.05, 0) is 31.8 Å². The van der Waals surface area contributed by atoms with Gasteiger partial charge in [0.15, 0.2) is 0 Å². The van der Waals surface area contributed by atoms with Crippen LogP contribution in [0.4, 0.5) is 0 Å². The number of unbranched alkanes of at least 4 members (excludes halogenated alkanes) is 2. The molecule has 1 heteroatoms. The van der Waals surface area contributed by atoms with Gasteiger partial charge in [-0.15, -0.1) is 0 Å². The van der Waals surface area contributed by atoms with E-state index in [2.05, 4.69) is 12.2 Å². The molecule has 0 aromatic rings. The van der Waals surface area contributed by atoms with E-state index in [1.807, 2.05) is 0 Å². The van der Waals surface area contributed by atoms with Crippen molar-refractivity contribution in [1.82, 2.24) is 5.32 Å². The summed E-state index contributed by atoms with van der Waals surface area (Å²) < 4.78 is 0. The maximum absolute atomic E-state index is 3.52. The van der Waals surface area contributed by atoms with Gasteiger partial charge in [0.25, 0.3) is 0 Å². The Morgan fingerprint density at radius 3 is 2.40 bits per heavy atom. The molecule has 0 atom stereocenters. The first-order chi connectivity index (χ1) is 7.43. The third-order valence-corrected chi connectivity index (χ3v) is 3.65. The highest BCUT2D eigenvalue weighted by Gasteiger charge is 2.12. The molecular formula is C14H29N. The van der Waals surface area contributed by atoms with Gasteiger partial charge in [-0.3, -0.25) is 0 Å². The van der Waals surface area contributed by atoms with E-state index in [1.165, 1.54) is 77.3 Å². The molecule has 1 N–H and O–H groups in total. The normalized spacial score (nSPS) is 18.2. The summed E-state index contributed by atoms with van der Waals surface area (Å²) in [6.45, 7) is 4.72. The molecule has 0 aliphatic heterocycles. The largest absolute Gasteiger partial charge is 0.317 e. The minimum atomic E-state index is 1.08. The molecule has 0 heterocycles. The van der Waals surface area contributed by atoms with Crippen LogP contribution in [0, 0.1) is 5.92 Å². The van der Waals surface area contributed by atoms with E-state index in [0.717, 1.165) is 5.92 Å². The molecule has 90 valence electrons. The molecule has 0 bridgehead atoms. The molecule has 0 aromatic carbocycles. The van der Waals surface area contributed by atoms with Gasteiger partial charge in [0.1, 0.15) is 0 Å². The first-order valence-electron chi connectivity index (χ1n) is 7.14. The van der Waals surface area contributed by atoms with Crippen molar-refractivity contribution < 1.29 is 0 Å². The lowest BCUT2D eigenvalue weighted by Crippen LogP contribution is -2.16. The van der Waals surface area contributed by atoms with Crippen molar-refractivity contribution in [3.8, 4) is 0 Å². The Labute approximate surface area is 96.0 Å². The number of nitrogens with one attached hydrogen (secondary N) is 1. The standard InChI is InChI=1S/C14H29N/c1-2-3-12-15-13-8-7-11-14-9-5-4-6-10-14/h14-15H,2-13H2,1H3. The Hall–Kier alpha value is -0.0400. The average molecular weight is 211 g/mol. The van der Waals surface area contributed by atoms with Gasteiger partial charge < -0.3 is 5.32 Å². The predicted octanol–water partition coefficient (Wildman–Crippen LogP) is 4.13. The zero-order chi connectivity index (χ0) is 10.8. The SMILES string of the molecule is CCCCNCCCCC1CCCCC1. The highest BCUT2D eigenvalue weighted by Crippen LogP contribution is 2.27. The summed E-state index contributed by atoms with van der Waals surface area (Å²) in [4.78, 5) is 0. The summed E-state index contributed by atoms with van der Waals surface area (Å²) in [6, 6.07) is 0. The van der Waals surface area contributed by atoms with E-state index in [9.17, 15) is 0 Å². The van der Waals surface area contributed by atoms with Gasteiger partial charge in [-0.25, -0.2) is 0 Å². The molecule has 0 spiro atoms. The molecule has 0 aromatic heterocycles. The average Bonchev–Trinajstić information content (AvgIpc) is 2.29. The second-order valence-corrected chi connectivity index (χ2v) is 5.10. The van der Waals surface area contributed by atoms with Crippen LogP contribution in [0.5, 0.6) is 0 Å². The van der Waals surface area contributed by atoms with Crippen LogP contribution < -0.4 is 5.32 Å². The maximum Gasteiger partial charge on any atom is -0.00489 e. The first kappa shape index (κ1) is 13.0. The van der Waals surface area contributed by atoms with Crippen molar-refractivity contribution in [2.45, 2.75) is 71.1 Å². The molecule has 0 amide bonds. The van der Waals surface area contributed by atoms with Crippen molar-refractivity contribution in [1.29, 1.82) is 0 Å². The Kier molecular flexibility index (Phi) is 7.99. The number of hydrogen-bond donors (Lipinski definition) is 1. The summed E-state index contributed by atoms with van der Waals surface area (Å²) in [5.41, 5.74) is 0. The Morgan fingerprint density at radius 1 is 0.933 bits per heavy atom. The van der Waals surface area contributed by atoms with Crippen LogP contribution in [0.1, 0.15) is 71.1 Å². The van der Waals surface area contributed by atoms with Crippen molar-refractivity contribution >= 4 is 0 Å². The van der Waals surface area contributed by atoms with Gasteiger partial charge in [0.2, 0.25) is 0 Å². The zero-order valence-electron chi connectivity index (χ0n) is 10.6. The molecule has 0 unspecified atom stereocenters. The van der Waals surface area contributed by atoms with E-state index >= 15 is 0 Å². The van der Waals surface area contributed by atoms with Gasteiger partial charge in [0, 0.05) is 0 Å². The van der Waals surface area contributed by atoms with Crippen molar-refractivity contribution in [2.75, 3.05) is 13.1 Å². The first-order valence-corrected chi connectivity index (χ1v) is 7.14. The minimum Gasteiger partial charge on any atom is -0.317 e. The number of rotatable bonds is 8. The molecule has 1 aliphatic rings. The van der Waals surface area contributed by atoms with Crippen LogP contribution >= 0.6 is 0 Å². The Bertz CT molecular complexity index is 127. The van der Waals surface area contributed by atoms with Crippen molar-refractivity contribution in [3.05, 3.63) is 0 Å². The van der Waals surface area contributed by atoms with E-state index in [0.29, 0.717) is 0 Å². The fraction of sp³-hybridized carbons (Fsp3) is 1.00. The molecule has 1 fully saturated rings. The smallest absolute Gasteiger partial charge is 0.00489 e. The minimum absolute atomic E-state index is 1.08. The Morgan fingerprint density at radius 2 is 1.67 bits per heavy atom. The van der Waals surface area contributed by atoms with Crippen LogP contribution in [0.2, 0.25) is 0 Å². The molecule has 0 saturated heterocycles.